The number of hydrogen-bond donors (Lipinski definition) is 1. The van der Waals surface area contributed by atoms with Crippen molar-refractivity contribution < 1.29 is 33.8 Å². The Morgan fingerprint density at radius 2 is 1.17 bits per heavy atom. The molecular formula is C17H26O7. The molecule has 2 saturated carbocycles. The van der Waals surface area contributed by atoms with Gasteiger partial charge in [0.1, 0.15) is 17.2 Å². The first kappa shape index (κ1) is 20.4. The van der Waals surface area contributed by atoms with E-state index in [9.17, 15) is 19.2 Å². The van der Waals surface area contributed by atoms with Crippen molar-refractivity contribution in [2.24, 2.45) is 0 Å². The zero-order valence-corrected chi connectivity index (χ0v) is 14.6. The van der Waals surface area contributed by atoms with Gasteiger partial charge in [-0.2, -0.15) is 0 Å². The minimum atomic E-state index is -1.10. The molecule has 1 N–H and O–H groups in total. The molecule has 0 aromatic rings. The van der Waals surface area contributed by atoms with Gasteiger partial charge in [0, 0.05) is 39.9 Å². The van der Waals surface area contributed by atoms with Gasteiger partial charge in [-0.15, -0.1) is 0 Å². The van der Waals surface area contributed by atoms with Crippen LogP contribution < -0.4 is 0 Å². The summed E-state index contributed by atoms with van der Waals surface area (Å²) in [7, 11) is 2.92. The standard InChI is InChI=1S/C9H14O3.C8H12O4/c1-7(10)9(12-2)5-3-8(11)4-6-9;1-12-8(7(10)11)4-2-6(9)3-5-8/h3-6H2,1-2H3;2-5H2,1H3,(H,10,11). The van der Waals surface area contributed by atoms with E-state index in [1.807, 2.05) is 0 Å². The zero-order valence-electron chi connectivity index (χ0n) is 14.6. The number of aliphatic carboxylic acids is 1. The SMILES string of the molecule is COC1(C(=O)O)CCC(=O)CC1.COC1(C(C)=O)CCC(=O)CC1. The summed E-state index contributed by atoms with van der Waals surface area (Å²) in [6.45, 7) is 1.53. The summed E-state index contributed by atoms with van der Waals surface area (Å²) in [4.78, 5) is 43.8. The number of carbonyl (C=O) groups excluding carboxylic acids is 3. The van der Waals surface area contributed by atoms with E-state index in [1.54, 1.807) is 0 Å². The molecule has 24 heavy (non-hydrogen) atoms. The summed E-state index contributed by atoms with van der Waals surface area (Å²) in [6, 6.07) is 0. The molecule has 0 unspecified atom stereocenters. The summed E-state index contributed by atoms with van der Waals surface area (Å²) in [5.74, 6) is -0.553. The van der Waals surface area contributed by atoms with E-state index in [2.05, 4.69) is 0 Å². The maximum Gasteiger partial charge on any atom is 0.335 e. The Labute approximate surface area is 141 Å². The molecule has 0 amide bonds. The number of rotatable bonds is 4. The highest BCUT2D eigenvalue weighted by Gasteiger charge is 2.41. The highest BCUT2D eigenvalue weighted by atomic mass is 16.5. The fourth-order valence-corrected chi connectivity index (χ4v) is 3.07. The minimum absolute atomic E-state index is 0.0394. The third-order valence-corrected chi connectivity index (χ3v) is 5.04. The van der Waals surface area contributed by atoms with E-state index in [1.165, 1.54) is 21.1 Å². The maximum absolute atomic E-state index is 11.2. The van der Waals surface area contributed by atoms with Crippen molar-refractivity contribution in [3.8, 4) is 0 Å². The van der Waals surface area contributed by atoms with Crippen molar-refractivity contribution in [1.29, 1.82) is 0 Å². The molecule has 7 nitrogen and oxygen atoms in total. The molecule has 2 rings (SSSR count). The number of methoxy groups -OCH3 is 2. The third kappa shape index (κ3) is 4.70. The molecule has 7 heteroatoms. The summed E-state index contributed by atoms with van der Waals surface area (Å²) >= 11 is 0. The third-order valence-electron chi connectivity index (χ3n) is 5.04. The van der Waals surface area contributed by atoms with Crippen LogP contribution in [0.4, 0.5) is 0 Å². The Hall–Kier alpha value is -1.60. The van der Waals surface area contributed by atoms with Crippen LogP contribution in [0.25, 0.3) is 0 Å². The molecule has 2 aliphatic carbocycles. The van der Waals surface area contributed by atoms with Gasteiger partial charge in [0.25, 0.3) is 0 Å². The van der Waals surface area contributed by atoms with Crippen LogP contribution in [0.3, 0.4) is 0 Å². The molecule has 0 heterocycles. The Morgan fingerprint density at radius 3 is 1.42 bits per heavy atom. The number of carbonyl (C=O) groups is 4. The second-order valence-electron chi connectivity index (χ2n) is 6.34. The zero-order chi connectivity index (χ0) is 18.4. The van der Waals surface area contributed by atoms with Crippen molar-refractivity contribution >= 4 is 23.3 Å². The quantitative estimate of drug-likeness (QED) is 0.828. The molecule has 136 valence electrons. The van der Waals surface area contributed by atoms with Crippen molar-refractivity contribution in [2.45, 2.75) is 69.5 Å². The van der Waals surface area contributed by atoms with Gasteiger partial charge in [0.05, 0.1) is 0 Å². The summed E-state index contributed by atoms with van der Waals surface area (Å²) in [5, 5.41) is 8.84. The van der Waals surface area contributed by atoms with Crippen LogP contribution in [-0.2, 0) is 28.7 Å². The number of ether oxygens (including phenoxy) is 2. The van der Waals surface area contributed by atoms with Crippen LogP contribution in [0.15, 0.2) is 0 Å². The normalized spacial score (nSPS) is 22.3. The van der Waals surface area contributed by atoms with Crippen LogP contribution >= 0.6 is 0 Å². The Bertz CT molecular complexity index is 443. The number of carboxylic acids is 1. The van der Waals surface area contributed by atoms with E-state index in [0.717, 1.165) is 0 Å². The highest BCUT2D eigenvalue weighted by Crippen LogP contribution is 2.30. The van der Waals surface area contributed by atoms with Crippen molar-refractivity contribution in [1.82, 2.24) is 0 Å². The molecule has 2 aliphatic rings. The Kier molecular flexibility index (Phi) is 7.23. The van der Waals surface area contributed by atoms with E-state index < -0.39 is 17.2 Å². The summed E-state index contributed by atoms with van der Waals surface area (Å²) in [5.41, 5.74) is -1.76. The van der Waals surface area contributed by atoms with Crippen molar-refractivity contribution in [3.63, 3.8) is 0 Å². The van der Waals surface area contributed by atoms with Crippen molar-refractivity contribution in [2.75, 3.05) is 14.2 Å². The van der Waals surface area contributed by atoms with Crippen LogP contribution in [0.2, 0.25) is 0 Å². The molecule has 0 radical (unpaired) electrons. The lowest BCUT2D eigenvalue weighted by atomic mass is 9.81. The minimum Gasteiger partial charge on any atom is -0.479 e. The number of carboxylic acid groups (broad SMARTS) is 1. The molecule has 0 aromatic carbocycles. The summed E-state index contributed by atoms with van der Waals surface area (Å²) < 4.78 is 10.1. The summed E-state index contributed by atoms with van der Waals surface area (Å²) in [6.07, 6.45) is 3.31. The second kappa shape index (κ2) is 8.48. The predicted octanol–water partition coefficient (Wildman–Crippen LogP) is 1.70. The first-order valence-electron chi connectivity index (χ1n) is 8.09. The smallest absolute Gasteiger partial charge is 0.335 e. The monoisotopic (exact) mass is 342 g/mol. The average molecular weight is 342 g/mol. The Balaban J connectivity index is 0.000000240. The lowest BCUT2D eigenvalue weighted by Gasteiger charge is -2.32. The molecule has 0 spiro atoms. The lowest BCUT2D eigenvalue weighted by molar-refractivity contribution is -0.167. The number of hydrogen-bond acceptors (Lipinski definition) is 6. The molecule has 2 fully saturated rings. The highest BCUT2D eigenvalue weighted by molar-refractivity contribution is 5.89. The van der Waals surface area contributed by atoms with E-state index >= 15 is 0 Å². The lowest BCUT2D eigenvalue weighted by Crippen LogP contribution is -2.44. The van der Waals surface area contributed by atoms with Crippen LogP contribution in [0, 0.1) is 0 Å². The largest absolute Gasteiger partial charge is 0.479 e. The fourth-order valence-electron chi connectivity index (χ4n) is 3.07. The van der Waals surface area contributed by atoms with Gasteiger partial charge in [0.2, 0.25) is 0 Å². The molecule has 0 aromatic heterocycles. The molecule has 0 atom stereocenters. The van der Waals surface area contributed by atoms with Gasteiger partial charge in [0.15, 0.2) is 11.4 Å². The molecular weight excluding hydrogens is 316 g/mol. The second-order valence-corrected chi connectivity index (χ2v) is 6.34. The van der Waals surface area contributed by atoms with E-state index in [4.69, 9.17) is 14.6 Å². The number of ketones is 3. The Morgan fingerprint density at radius 1 is 0.833 bits per heavy atom. The molecule has 0 aliphatic heterocycles. The van der Waals surface area contributed by atoms with Crippen LogP contribution in [0.1, 0.15) is 58.3 Å². The maximum atomic E-state index is 11.2. The van der Waals surface area contributed by atoms with Crippen LogP contribution in [0.5, 0.6) is 0 Å². The van der Waals surface area contributed by atoms with Gasteiger partial charge in [-0.3, -0.25) is 14.4 Å². The first-order chi connectivity index (χ1) is 11.2. The van der Waals surface area contributed by atoms with Gasteiger partial charge in [-0.25, -0.2) is 4.79 Å². The topological polar surface area (TPSA) is 107 Å². The van der Waals surface area contributed by atoms with E-state index in [0.29, 0.717) is 51.4 Å². The van der Waals surface area contributed by atoms with E-state index in [-0.39, 0.29) is 17.3 Å². The van der Waals surface area contributed by atoms with Gasteiger partial charge in [-0.1, -0.05) is 0 Å². The number of Topliss-reactive ketones (excluding diaryl/α,β-unsaturated/α-hetero) is 3. The first-order valence-corrected chi connectivity index (χ1v) is 8.09. The van der Waals surface area contributed by atoms with Gasteiger partial charge < -0.3 is 14.6 Å². The predicted molar refractivity (Wildman–Crippen MR) is 84.7 cm³/mol. The van der Waals surface area contributed by atoms with Gasteiger partial charge in [-0.05, 0) is 32.6 Å². The fraction of sp³-hybridized carbons (Fsp3) is 0.765. The van der Waals surface area contributed by atoms with Crippen molar-refractivity contribution in [3.05, 3.63) is 0 Å². The molecule has 0 bridgehead atoms. The average Bonchev–Trinajstić information content (AvgIpc) is 2.57. The van der Waals surface area contributed by atoms with Crippen LogP contribution in [-0.4, -0.2) is 53.8 Å². The molecule has 0 saturated heterocycles. The van der Waals surface area contributed by atoms with Gasteiger partial charge >= 0.3 is 5.97 Å².